The topological polar surface area (TPSA) is 130 Å². The molecular weight excluding hydrogens is 943 g/mol. The van der Waals surface area contributed by atoms with Crippen LogP contribution in [0.3, 0.4) is 0 Å². The fourth-order valence-corrected chi connectivity index (χ4v) is 14.2. The molecule has 0 saturated carbocycles. The van der Waals surface area contributed by atoms with Crippen LogP contribution >= 0.6 is 35.3 Å². The third-order valence-corrected chi connectivity index (χ3v) is 17.2. The number of β-lactam (4-membered cyclic amide) rings is 1. The Bertz CT molecular complexity index is 2860. The van der Waals surface area contributed by atoms with E-state index in [1.54, 1.807) is 12.4 Å². The highest BCUT2D eigenvalue weighted by Crippen LogP contribution is 2.58. The van der Waals surface area contributed by atoms with Gasteiger partial charge < -0.3 is 14.6 Å². The van der Waals surface area contributed by atoms with E-state index in [9.17, 15) is 5.11 Å². The molecule has 3 atom stereocenters. The Labute approximate surface area is 428 Å². The molecule has 2 aliphatic rings. The monoisotopic (exact) mass is 999 g/mol. The number of methoxy groups -OCH3 is 1. The number of H-pyrrole nitrogens is 1. The molecule has 2 aliphatic heterocycles. The van der Waals surface area contributed by atoms with Gasteiger partial charge in [-0.25, -0.2) is 9.79 Å². The van der Waals surface area contributed by atoms with Gasteiger partial charge in [0.1, 0.15) is 21.8 Å². The van der Waals surface area contributed by atoms with Crippen molar-refractivity contribution in [3.63, 3.8) is 0 Å². The van der Waals surface area contributed by atoms with Gasteiger partial charge >= 0.3 is 5.97 Å². The standard InChI is InChI=1S/C58H57N5O5S3/c1-55(2,3)44-33-38(34-45(49(44)64)56(4,5)6)35-59-58(67-7)52(66)63-48(51(65)68-50(39-23-13-8-14-24-39)40-25-15-9-16-26-40)46(37-69-53(58)63)70-54(71-47-36-60-62-61-47)57(41-27-17-10-18-28-41,42-29-19-11-20-30-42)43-31-21-12-22-32-43/h8-36,50,53-54,64H,37H2,1-7H3,(H,60,61,62)/b59-35+/t53-,54?,58+/m1/s1. The maximum atomic E-state index is 15.6. The second-order valence-electron chi connectivity index (χ2n) is 19.6. The zero-order valence-electron chi connectivity index (χ0n) is 40.8. The predicted molar refractivity (Wildman–Crippen MR) is 287 cm³/mol. The van der Waals surface area contributed by atoms with Crippen LogP contribution in [0.2, 0.25) is 0 Å². The molecule has 362 valence electrons. The van der Waals surface area contributed by atoms with Crippen molar-refractivity contribution < 1.29 is 24.2 Å². The highest BCUT2D eigenvalue weighted by Gasteiger charge is 2.66. The zero-order valence-corrected chi connectivity index (χ0v) is 43.2. The molecule has 6 aromatic carbocycles. The van der Waals surface area contributed by atoms with Crippen LogP contribution in [0.25, 0.3) is 0 Å². The van der Waals surface area contributed by atoms with Crippen molar-refractivity contribution >= 4 is 53.4 Å². The quantitative estimate of drug-likeness (QED) is 0.0256. The molecule has 1 amide bonds. The van der Waals surface area contributed by atoms with E-state index in [1.165, 1.54) is 47.3 Å². The summed E-state index contributed by atoms with van der Waals surface area (Å²) >= 11 is 4.54. The van der Waals surface area contributed by atoms with Gasteiger partial charge in [0.2, 0.25) is 0 Å². The van der Waals surface area contributed by atoms with Crippen LogP contribution in [-0.2, 0) is 35.3 Å². The van der Waals surface area contributed by atoms with Gasteiger partial charge in [-0.3, -0.25) is 9.69 Å². The maximum absolute atomic E-state index is 15.6. The minimum Gasteiger partial charge on any atom is -0.507 e. The number of aromatic hydroxyl groups is 1. The number of aromatic nitrogens is 3. The highest BCUT2D eigenvalue weighted by molar-refractivity contribution is 8.19. The number of fused-ring (bicyclic) bond motifs is 1. The largest absolute Gasteiger partial charge is 0.507 e. The average molecular weight is 1000 g/mol. The lowest BCUT2D eigenvalue weighted by molar-refractivity contribution is -0.183. The van der Waals surface area contributed by atoms with Gasteiger partial charge in [0, 0.05) is 35.1 Å². The van der Waals surface area contributed by atoms with Gasteiger partial charge in [-0.2, -0.15) is 10.3 Å². The number of rotatable bonds is 15. The number of nitrogens with zero attached hydrogens (tertiary/aromatic N) is 4. The van der Waals surface area contributed by atoms with Crippen molar-refractivity contribution in [3.8, 4) is 5.75 Å². The Morgan fingerprint density at radius 2 is 1.25 bits per heavy atom. The first kappa shape index (κ1) is 49.6. The van der Waals surface area contributed by atoms with Crippen LogP contribution in [0, 0.1) is 0 Å². The number of ether oxygens (including phenoxy) is 2. The molecule has 1 aromatic heterocycles. The van der Waals surface area contributed by atoms with Gasteiger partial charge in [0.25, 0.3) is 11.6 Å². The average Bonchev–Trinajstić information content (AvgIpc) is 3.90. The second kappa shape index (κ2) is 20.4. The zero-order chi connectivity index (χ0) is 50.0. The molecule has 1 fully saturated rings. The number of phenols is 1. The summed E-state index contributed by atoms with van der Waals surface area (Å²) in [5.74, 6) is -0.592. The molecule has 7 aromatic rings. The summed E-state index contributed by atoms with van der Waals surface area (Å²) in [6, 6.07) is 54.3. The third kappa shape index (κ3) is 9.60. The molecule has 9 rings (SSSR count). The molecular formula is C58H57N5O5S3. The number of benzene rings is 6. The number of amides is 1. The summed E-state index contributed by atoms with van der Waals surface area (Å²) in [5.41, 5.74) is 3.71. The minimum absolute atomic E-state index is 0.131. The van der Waals surface area contributed by atoms with Crippen molar-refractivity contribution in [2.75, 3.05) is 12.9 Å². The van der Waals surface area contributed by atoms with Crippen molar-refractivity contribution in [1.82, 2.24) is 20.3 Å². The second-order valence-corrected chi connectivity index (χ2v) is 23.3. The first-order chi connectivity index (χ1) is 34.2. The van der Waals surface area contributed by atoms with Crippen molar-refractivity contribution in [2.45, 2.75) is 84.6 Å². The number of hydrogen-bond acceptors (Lipinski definition) is 11. The molecule has 3 heterocycles. The molecule has 71 heavy (non-hydrogen) atoms. The van der Waals surface area contributed by atoms with Gasteiger partial charge in [0.15, 0.2) is 6.10 Å². The summed E-state index contributed by atoms with van der Waals surface area (Å²) in [7, 11) is 1.48. The number of nitrogens with one attached hydrogen (secondary N) is 1. The van der Waals surface area contributed by atoms with Crippen molar-refractivity contribution in [1.29, 1.82) is 0 Å². The van der Waals surface area contributed by atoms with Crippen LogP contribution < -0.4 is 0 Å². The Morgan fingerprint density at radius 3 is 1.69 bits per heavy atom. The first-order valence-corrected chi connectivity index (χ1v) is 26.3. The number of phenolic OH excluding ortho intramolecular Hbond substituents is 1. The number of carbonyl (C=O) groups is 2. The van der Waals surface area contributed by atoms with Crippen molar-refractivity contribution in [2.24, 2.45) is 4.99 Å². The number of hydrogen-bond donors (Lipinski definition) is 2. The van der Waals surface area contributed by atoms with Crippen molar-refractivity contribution in [3.05, 3.63) is 225 Å². The lowest BCUT2D eigenvalue weighted by Gasteiger charge is -2.54. The SMILES string of the molecule is CO[C@@]1(/N=C/c2cc(C(C)(C)C)c(O)c(C(C)(C)C)c2)C(=O)N2C(C(=O)OC(c3ccccc3)c3ccccc3)=C(SC(Sc3cn[nH]n3)C(c3ccccc3)(c3ccccc3)c3ccccc3)CS[C@@H]21. The number of aromatic amines is 1. The van der Waals surface area contributed by atoms with Crippen LogP contribution in [-0.4, -0.2) is 72.1 Å². The first-order valence-electron chi connectivity index (χ1n) is 23.5. The number of esters is 1. The highest BCUT2D eigenvalue weighted by atomic mass is 32.2. The normalized spacial score (nSPS) is 17.8. The van der Waals surface area contributed by atoms with Crippen LogP contribution in [0.15, 0.2) is 191 Å². The van der Waals surface area contributed by atoms with E-state index in [1.807, 2.05) is 127 Å². The van der Waals surface area contributed by atoms with E-state index in [0.717, 1.165) is 38.9 Å². The van der Waals surface area contributed by atoms with E-state index in [2.05, 4.69) is 93.4 Å². The third-order valence-electron chi connectivity index (χ3n) is 13.0. The predicted octanol–water partition coefficient (Wildman–Crippen LogP) is 12.2. The van der Waals surface area contributed by atoms with E-state index < -0.39 is 39.1 Å². The summed E-state index contributed by atoms with van der Waals surface area (Å²) in [6.07, 6.45) is 2.57. The summed E-state index contributed by atoms with van der Waals surface area (Å²) in [5, 5.41) is 23.0. The summed E-state index contributed by atoms with van der Waals surface area (Å²) < 4.78 is 12.4. The van der Waals surface area contributed by atoms with E-state index >= 15 is 9.59 Å². The molecule has 0 aliphatic carbocycles. The smallest absolute Gasteiger partial charge is 0.356 e. The van der Waals surface area contributed by atoms with Gasteiger partial charge in [0.05, 0.1) is 16.2 Å². The fraction of sp³-hybridized carbons (Fsp3) is 0.259. The number of carbonyl (C=O) groups excluding carboxylic acids is 2. The van der Waals surface area contributed by atoms with Gasteiger partial charge in [-0.1, -0.05) is 205 Å². The Kier molecular flexibility index (Phi) is 14.2. The van der Waals surface area contributed by atoms with E-state index in [4.69, 9.17) is 14.5 Å². The van der Waals surface area contributed by atoms with Gasteiger partial charge in [-0.05, 0) is 56.3 Å². The lowest BCUT2D eigenvalue weighted by Crippen LogP contribution is -2.73. The molecule has 1 unspecified atom stereocenters. The van der Waals surface area contributed by atoms with Crippen LogP contribution in [0.5, 0.6) is 5.75 Å². The molecule has 0 bridgehead atoms. The minimum atomic E-state index is -1.68. The van der Waals surface area contributed by atoms with Crippen LogP contribution in [0.1, 0.15) is 92.2 Å². The maximum Gasteiger partial charge on any atom is 0.356 e. The van der Waals surface area contributed by atoms with Gasteiger partial charge in [-0.15, -0.1) is 28.6 Å². The fourth-order valence-electron chi connectivity index (χ4n) is 9.41. The molecule has 10 nitrogen and oxygen atoms in total. The Hall–Kier alpha value is -6.38. The van der Waals surface area contributed by atoms with Crippen LogP contribution in [0.4, 0.5) is 0 Å². The number of thioether (sulfide) groups is 3. The lowest BCUT2D eigenvalue weighted by atomic mass is 9.70. The van der Waals surface area contributed by atoms with E-state index in [0.29, 0.717) is 21.2 Å². The summed E-state index contributed by atoms with van der Waals surface area (Å²) in [4.78, 5) is 38.1. The molecule has 13 heteroatoms. The molecule has 2 N–H and O–H groups in total. The molecule has 0 spiro atoms. The van der Waals surface area contributed by atoms with E-state index in [-0.39, 0.29) is 22.3 Å². The summed E-state index contributed by atoms with van der Waals surface area (Å²) in [6.45, 7) is 12.3. The Morgan fingerprint density at radius 1 is 0.775 bits per heavy atom. The Balaban J connectivity index is 1.22. The number of aliphatic imine (C=N–C) groups is 1. The molecule has 1 saturated heterocycles. The molecule has 0 radical (unpaired) electrons.